The fourth-order valence-electron chi connectivity index (χ4n) is 0.828. The van der Waals surface area contributed by atoms with Crippen molar-refractivity contribution in [2.24, 2.45) is 0 Å². The van der Waals surface area contributed by atoms with Crippen LogP contribution in [0.15, 0.2) is 41.7 Å². The molecule has 1 aliphatic rings. The van der Waals surface area contributed by atoms with Gasteiger partial charge < -0.3 is 0 Å². The Morgan fingerprint density at radius 2 is 2.30 bits per heavy atom. The quantitative estimate of drug-likeness (QED) is 0.351. The molecule has 10 heavy (non-hydrogen) atoms. The van der Waals surface area contributed by atoms with E-state index in [0.29, 0.717) is 0 Å². The normalized spacial score (nSPS) is 17.5. The first-order chi connectivity index (χ1) is 4.89. The molecule has 0 spiro atoms. The van der Waals surface area contributed by atoms with Crippen molar-refractivity contribution in [3.05, 3.63) is 41.7 Å². The van der Waals surface area contributed by atoms with E-state index in [1.165, 1.54) is 5.57 Å². The molecule has 0 saturated carbocycles. The van der Waals surface area contributed by atoms with Crippen LogP contribution < -0.4 is 0 Å². The molecule has 0 N–H and O–H groups in total. The van der Waals surface area contributed by atoms with Crippen molar-refractivity contribution in [3.63, 3.8) is 0 Å². The van der Waals surface area contributed by atoms with E-state index in [0.717, 1.165) is 12.8 Å². The fourth-order valence-corrected chi connectivity index (χ4v) is 0.828. The molecule has 0 heteroatoms. The van der Waals surface area contributed by atoms with Gasteiger partial charge in [-0.3, -0.25) is 0 Å². The van der Waals surface area contributed by atoms with Gasteiger partial charge in [0.2, 0.25) is 0 Å². The lowest BCUT2D eigenvalue weighted by Crippen LogP contribution is -1.69. The highest BCUT2D eigenvalue weighted by molar-refractivity contribution is 5.15. The highest BCUT2D eigenvalue weighted by atomic mass is 13.9. The van der Waals surface area contributed by atoms with Gasteiger partial charge in [-0.1, -0.05) is 23.8 Å². The van der Waals surface area contributed by atoms with E-state index < -0.39 is 0 Å². The van der Waals surface area contributed by atoms with Crippen molar-refractivity contribution in [3.8, 4) is 0 Å². The van der Waals surface area contributed by atoms with Crippen LogP contribution in [0.3, 0.4) is 0 Å². The Labute approximate surface area is 62.3 Å². The van der Waals surface area contributed by atoms with Crippen molar-refractivity contribution in [1.29, 1.82) is 0 Å². The summed E-state index contributed by atoms with van der Waals surface area (Å²) in [5.74, 6) is 0. The lowest BCUT2D eigenvalue weighted by molar-refractivity contribution is 1.20. The number of hydrogen-bond donors (Lipinski definition) is 0. The molecule has 1 aliphatic carbocycles. The summed E-state index contributed by atoms with van der Waals surface area (Å²) in [5, 5.41) is 0. The molecule has 0 bridgehead atoms. The first kappa shape index (κ1) is 7.11. The Morgan fingerprint density at radius 3 is 3.20 bits per heavy atom. The molecule has 0 aromatic rings. The lowest BCUT2D eigenvalue weighted by atomic mass is 10.2. The molecule has 0 nitrogen and oxygen atoms in total. The van der Waals surface area contributed by atoms with Crippen LogP contribution >= 0.6 is 0 Å². The highest BCUT2D eigenvalue weighted by Crippen LogP contribution is 2.02. The van der Waals surface area contributed by atoms with E-state index in [-0.39, 0.29) is 0 Å². The molecule has 0 atom stereocenters. The standard InChI is InChI=1S/C10H12/c1-10-8-6-4-2-3-5-7-9-10/h2,5-8H,3,9H2,1H3. The van der Waals surface area contributed by atoms with Gasteiger partial charge >= 0.3 is 0 Å². The molecule has 0 fully saturated rings. The Bertz CT molecular complexity index is 210. The third kappa shape index (κ3) is 2.52. The minimum absolute atomic E-state index is 1.01. The average Bonchev–Trinajstić information content (AvgIpc) is 2.02. The minimum atomic E-state index is 1.01. The maximum absolute atomic E-state index is 3.08. The zero-order valence-electron chi connectivity index (χ0n) is 6.30. The Morgan fingerprint density at radius 1 is 1.40 bits per heavy atom. The Kier molecular flexibility index (Phi) is 2.79. The first-order valence-electron chi connectivity index (χ1n) is 3.61. The molecule has 0 unspecified atom stereocenters. The van der Waals surface area contributed by atoms with Gasteiger partial charge in [0.15, 0.2) is 0 Å². The van der Waals surface area contributed by atoms with Gasteiger partial charge in [-0.15, -0.1) is 5.73 Å². The van der Waals surface area contributed by atoms with Crippen molar-refractivity contribution < 1.29 is 0 Å². The second kappa shape index (κ2) is 3.92. The summed E-state index contributed by atoms with van der Waals surface area (Å²) in [6.45, 7) is 2.13. The molecule has 0 aliphatic heterocycles. The molecule has 1 rings (SSSR count). The van der Waals surface area contributed by atoms with Gasteiger partial charge in [-0.25, -0.2) is 0 Å². The molecule has 0 aromatic carbocycles. The van der Waals surface area contributed by atoms with Gasteiger partial charge in [-0.05, 0) is 31.9 Å². The predicted octanol–water partition coefficient (Wildman–Crippen LogP) is 2.99. The Balaban J connectivity index is 2.72. The maximum atomic E-state index is 3.08. The van der Waals surface area contributed by atoms with Crippen LogP contribution in [0.25, 0.3) is 0 Å². The van der Waals surface area contributed by atoms with Gasteiger partial charge in [0.1, 0.15) is 0 Å². The number of rotatable bonds is 0. The van der Waals surface area contributed by atoms with Crippen molar-refractivity contribution in [2.45, 2.75) is 19.8 Å². The van der Waals surface area contributed by atoms with Gasteiger partial charge in [0.25, 0.3) is 0 Å². The summed E-state index contributed by atoms with van der Waals surface area (Å²) in [5.41, 5.74) is 4.47. The lowest BCUT2D eigenvalue weighted by Gasteiger charge is -1.89. The van der Waals surface area contributed by atoms with E-state index in [1.807, 2.05) is 12.2 Å². The molecule has 0 radical (unpaired) electrons. The zero-order chi connectivity index (χ0) is 7.23. The Hall–Kier alpha value is -1.00. The average molecular weight is 132 g/mol. The highest BCUT2D eigenvalue weighted by Gasteiger charge is 1.82. The zero-order valence-corrected chi connectivity index (χ0v) is 6.30. The van der Waals surface area contributed by atoms with Crippen LogP contribution in [0.5, 0.6) is 0 Å². The van der Waals surface area contributed by atoms with Crippen LogP contribution in [0.2, 0.25) is 0 Å². The summed E-state index contributed by atoms with van der Waals surface area (Å²) in [6.07, 6.45) is 12.6. The van der Waals surface area contributed by atoms with Crippen LogP contribution in [-0.4, -0.2) is 0 Å². The van der Waals surface area contributed by atoms with Gasteiger partial charge in [0, 0.05) is 0 Å². The topological polar surface area (TPSA) is 0 Å². The summed E-state index contributed by atoms with van der Waals surface area (Å²) < 4.78 is 0. The smallest absolute Gasteiger partial charge is 0.00928 e. The van der Waals surface area contributed by atoms with E-state index >= 15 is 0 Å². The fraction of sp³-hybridized carbons (Fsp3) is 0.300. The number of allylic oxidation sites excluding steroid dienone is 5. The van der Waals surface area contributed by atoms with Crippen molar-refractivity contribution >= 4 is 0 Å². The molecular weight excluding hydrogens is 120 g/mol. The summed E-state index contributed by atoms with van der Waals surface area (Å²) in [6, 6.07) is 0. The molecule has 0 aromatic heterocycles. The molecule has 0 amide bonds. The summed E-state index contributed by atoms with van der Waals surface area (Å²) >= 11 is 0. The van der Waals surface area contributed by atoms with Crippen molar-refractivity contribution in [1.82, 2.24) is 0 Å². The van der Waals surface area contributed by atoms with E-state index in [9.17, 15) is 0 Å². The molecule has 52 valence electrons. The monoisotopic (exact) mass is 132 g/mol. The number of hydrogen-bond acceptors (Lipinski definition) is 0. The maximum Gasteiger partial charge on any atom is -0.00928 e. The first-order valence-corrected chi connectivity index (χ1v) is 3.61. The largest absolute Gasteiger partial charge is 0.125 e. The summed E-state index contributed by atoms with van der Waals surface area (Å²) in [4.78, 5) is 0. The molecule has 0 heterocycles. The SMILES string of the molecule is CC1=CC=C=CCC=CC1. The van der Waals surface area contributed by atoms with Crippen LogP contribution in [0.1, 0.15) is 19.8 Å². The van der Waals surface area contributed by atoms with Gasteiger partial charge in [0.05, 0.1) is 0 Å². The predicted molar refractivity (Wildman–Crippen MR) is 44.8 cm³/mol. The van der Waals surface area contributed by atoms with Crippen molar-refractivity contribution in [2.75, 3.05) is 0 Å². The molecular formula is C10H12. The second-order valence-corrected chi connectivity index (χ2v) is 2.46. The van der Waals surface area contributed by atoms with Crippen LogP contribution in [0, 0.1) is 0 Å². The van der Waals surface area contributed by atoms with Crippen LogP contribution in [0.4, 0.5) is 0 Å². The molecule has 0 saturated heterocycles. The second-order valence-electron chi connectivity index (χ2n) is 2.46. The van der Waals surface area contributed by atoms with E-state index in [4.69, 9.17) is 0 Å². The third-order valence-corrected chi connectivity index (χ3v) is 1.44. The minimum Gasteiger partial charge on any atom is -0.125 e. The van der Waals surface area contributed by atoms with E-state index in [1.54, 1.807) is 0 Å². The third-order valence-electron chi connectivity index (χ3n) is 1.44. The van der Waals surface area contributed by atoms with E-state index in [2.05, 4.69) is 30.9 Å². The van der Waals surface area contributed by atoms with Crippen LogP contribution in [-0.2, 0) is 0 Å². The summed E-state index contributed by atoms with van der Waals surface area (Å²) in [7, 11) is 0. The van der Waals surface area contributed by atoms with Gasteiger partial charge in [-0.2, -0.15) is 0 Å².